The van der Waals surface area contributed by atoms with Crippen molar-refractivity contribution in [2.24, 2.45) is 0 Å². The zero-order chi connectivity index (χ0) is 10.4. The van der Waals surface area contributed by atoms with Crippen LogP contribution in [0.4, 0.5) is 0 Å². The van der Waals surface area contributed by atoms with E-state index in [-0.39, 0.29) is 5.91 Å². The minimum absolute atomic E-state index is 0.119. The molecule has 0 aliphatic carbocycles. The molecule has 0 aromatic rings. The Hall–Kier alpha value is -0.570. The molecular formula is C11H21NO2. The van der Waals surface area contributed by atoms with Crippen LogP contribution in [-0.2, 0) is 4.79 Å². The highest BCUT2D eigenvalue weighted by Gasteiger charge is 2.26. The van der Waals surface area contributed by atoms with Crippen molar-refractivity contribution < 1.29 is 9.90 Å². The Kier molecular flexibility index (Phi) is 4.94. The maximum Gasteiger partial charge on any atom is 0.225 e. The van der Waals surface area contributed by atoms with Crippen LogP contribution in [0.5, 0.6) is 0 Å². The van der Waals surface area contributed by atoms with Crippen LogP contribution in [-0.4, -0.2) is 35.1 Å². The number of aliphatic hydroxyl groups is 1. The van der Waals surface area contributed by atoms with Crippen molar-refractivity contribution >= 4 is 5.91 Å². The maximum absolute atomic E-state index is 11.3. The monoisotopic (exact) mass is 199 g/mol. The number of aliphatic hydroxyl groups excluding tert-OH is 1. The van der Waals surface area contributed by atoms with Gasteiger partial charge in [0, 0.05) is 13.1 Å². The van der Waals surface area contributed by atoms with Gasteiger partial charge in [-0.15, -0.1) is 0 Å². The van der Waals surface area contributed by atoms with Crippen LogP contribution in [0, 0.1) is 0 Å². The Bertz CT molecular complexity index is 182. The summed E-state index contributed by atoms with van der Waals surface area (Å²) in [5.74, 6) is 0.119. The van der Waals surface area contributed by atoms with Gasteiger partial charge in [0.25, 0.3) is 0 Å². The van der Waals surface area contributed by atoms with Crippen molar-refractivity contribution in [1.82, 2.24) is 4.90 Å². The van der Waals surface area contributed by atoms with Crippen molar-refractivity contribution in [3.8, 4) is 0 Å². The van der Waals surface area contributed by atoms with E-state index in [1.54, 1.807) is 4.90 Å². The van der Waals surface area contributed by atoms with Crippen LogP contribution in [0.25, 0.3) is 0 Å². The van der Waals surface area contributed by atoms with Gasteiger partial charge >= 0.3 is 0 Å². The summed E-state index contributed by atoms with van der Waals surface area (Å²) in [6.45, 7) is 3.58. The molecule has 0 spiro atoms. The number of likely N-dealkylation sites (tertiary alicyclic amines) is 1. The van der Waals surface area contributed by atoms with Crippen LogP contribution in [0.2, 0.25) is 0 Å². The molecular weight excluding hydrogens is 178 g/mol. The van der Waals surface area contributed by atoms with Gasteiger partial charge in [-0.2, -0.15) is 0 Å². The fourth-order valence-corrected chi connectivity index (χ4v) is 1.87. The third-order valence-electron chi connectivity index (χ3n) is 2.73. The van der Waals surface area contributed by atoms with E-state index >= 15 is 0 Å². The van der Waals surface area contributed by atoms with Gasteiger partial charge in [0.05, 0.1) is 12.5 Å². The highest BCUT2D eigenvalue weighted by molar-refractivity contribution is 5.78. The molecule has 1 unspecified atom stereocenters. The molecule has 1 fully saturated rings. The summed E-state index contributed by atoms with van der Waals surface area (Å²) >= 11 is 0. The third kappa shape index (κ3) is 3.66. The van der Waals surface area contributed by atoms with E-state index in [2.05, 4.69) is 6.92 Å². The van der Waals surface area contributed by atoms with E-state index in [0.29, 0.717) is 13.0 Å². The third-order valence-corrected chi connectivity index (χ3v) is 2.73. The first-order valence-corrected chi connectivity index (χ1v) is 5.70. The number of hydrogen-bond acceptors (Lipinski definition) is 2. The Balaban J connectivity index is 2.04. The number of carbonyl (C=O) groups is 1. The van der Waals surface area contributed by atoms with Crippen molar-refractivity contribution in [3.63, 3.8) is 0 Å². The van der Waals surface area contributed by atoms with Crippen molar-refractivity contribution in [1.29, 1.82) is 0 Å². The van der Waals surface area contributed by atoms with Gasteiger partial charge in [0.15, 0.2) is 0 Å². The molecule has 1 atom stereocenters. The SMILES string of the molecule is CCCCCCCN1CC(O)CC1=O. The summed E-state index contributed by atoms with van der Waals surface area (Å²) in [4.78, 5) is 13.1. The highest BCUT2D eigenvalue weighted by Crippen LogP contribution is 2.12. The first-order chi connectivity index (χ1) is 6.74. The molecule has 3 heteroatoms. The lowest BCUT2D eigenvalue weighted by atomic mass is 10.1. The molecule has 0 aromatic heterocycles. The van der Waals surface area contributed by atoms with Crippen LogP contribution < -0.4 is 0 Å². The van der Waals surface area contributed by atoms with Gasteiger partial charge in [0.2, 0.25) is 5.91 Å². The molecule has 1 N–H and O–H groups in total. The molecule has 0 aromatic carbocycles. The predicted molar refractivity (Wildman–Crippen MR) is 56.0 cm³/mol. The zero-order valence-electron chi connectivity index (χ0n) is 9.04. The fraction of sp³-hybridized carbons (Fsp3) is 0.909. The first kappa shape index (κ1) is 11.5. The summed E-state index contributed by atoms with van der Waals surface area (Å²) in [5.41, 5.74) is 0. The minimum Gasteiger partial charge on any atom is -0.391 e. The van der Waals surface area contributed by atoms with E-state index in [1.165, 1.54) is 25.7 Å². The van der Waals surface area contributed by atoms with Gasteiger partial charge in [-0.25, -0.2) is 0 Å². The maximum atomic E-state index is 11.3. The van der Waals surface area contributed by atoms with Crippen molar-refractivity contribution in [2.75, 3.05) is 13.1 Å². The normalized spacial score (nSPS) is 22.0. The molecule has 1 aliphatic heterocycles. The summed E-state index contributed by atoms with van der Waals surface area (Å²) in [5, 5.41) is 9.25. The molecule has 3 nitrogen and oxygen atoms in total. The Morgan fingerprint density at radius 3 is 2.64 bits per heavy atom. The summed E-state index contributed by atoms with van der Waals surface area (Å²) in [6.07, 6.45) is 6.00. The lowest BCUT2D eigenvalue weighted by molar-refractivity contribution is -0.127. The predicted octanol–water partition coefficient (Wildman–Crippen LogP) is 1.55. The smallest absolute Gasteiger partial charge is 0.225 e. The quantitative estimate of drug-likeness (QED) is 0.659. The molecule has 1 heterocycles. The average Bonchev–Trinajstić information content (AvgIpc) is 2.45. The number of hydrogen-bond donors (Lipinski definition) is 1. The standard InChI is InChI=1S/C11H21NO2/c1-2-3-4-5-6-7-12-9-10(13)8-11(12)14/h10,13H,2-9H2,1H3. The molecule has 1 rings (SSSR count). The second-order valence-electron chi connectivity index (χ2n) is 4.11. The first-order valence-electron chi connectivity index (χ1n) is 5.70. The number of amides is 1. The Morgan fingerprint density at radius 1 is 1.36 bits per heavy atom. The van der Waals surface area contributed by atoms with E-state index < -0.39 is 6.10 Å². The summed E-state index contributed by atoms with van der Waals surface area (Å²) in [6, 6.07) is 0. The van der Waals surface area contributed by atoms with Crippen LogP contribution in [0.3, 0.4) is 0 Å². The molecule has 1 amide bonds. The summed E-state index contributed by atoms with van der Waals surface area (Å²) in [7, 11) is 0. The van der Waals surface area contributed by atoms with Crippen molar-refractivity contribution in [3.05, 3.63) is 0 Å². The number of rotatable bonds is 6. The van der Waals surface area contributed by atoms with E-state index in [1.807, 2.05) is 0 Å². The number of carbonyl (C=O) groups excluding carboxylic acids is 1. The van der Waals surface area contributed by atoms with E-state index in [9.17, 15) is 9.90 Å². The van der Waals surface area contributed by atoms with E-state index in [0.717, 1.165) is 13.0 Å². The molecule has 1 aliphatic rings. The molecule has 14 heavy (non-hydrogen) atoms. The van der Waals surface area contributed by atoms with Crippen LogP contribution in [0.15, 0.2) is 0 Å². The lowest BCUT2D eigenvalue weighted by Gasteiger charge is -2.14. The topological polar surface area (TPSA) is 40.5 Å². The average molecular weight is 199 g/mol. The molecule has 0 radical (unpaired) electrons. The largest absolute Gasteiger partial charge is 0.391 e. The highest BCUT2D eigenvalue weighted by atomic mass is 16.3. The van der Waals surface area contributed by atoms with Gasteiger partial charge in [0.1, 0.15) is 0 Å². The molecule has 0 bridgehead atoms. The number of unbranched alkanes of at least 4 members (excludes halogenated alkanes) is 4. The van der Waals surface area contributed by atoms with Gasteiger partial charge in [-0.3, -0.25) is 4.79 Å². The molecule has 1 saturated heterocycles. The Morgan fingerprint density at radius 2 is 2.07 bits per heavy atom. The van der Waals surface area contributed by atoms with Crippen molar-refractivity contribution in [2.45, 2.75) is 51.6 Å². The number of nitrogens with zero attached hydrogens (tertiary/aromatic N) is 1. The Labute approximate surface area is 86.1 Å². The van der Waals surface area contributed by atoms with E-state index in [4.69, 9.17) is 0 Å². The second-order valence-corrected chi connectivity index (χ2v) is 4.11. The van der Waals surface area contributed by atoms with Crippen LogP contribution in [0.1, 0.15) is 45.4 Å². The zero-order valence-corrected chi connectivity index (χ0v) is 9.04. The number of β-amino-alcohol motifs (C(OH)–C–C–N with tert-alkyl or cyclic N) is 1. The van der Waals surface area contributed by atoms with Crippen LogP contribution >= 0.6 is 0 Å². The molecule has 0 saturated carbocycles. The fourth-order valence-electron chi connectivity index (χ4n) is 1.87. The van der Waals surface area contributed by atoms with Gasteiger partial charge in [-0.1, -0.05) is 32.6 Å². The van der Waals surface area contributed by atoms with Gasteiger partial charge < -0.3 is 10.0 Å². The lowest BCUT2D eigenvalue weighted by Crippen LogP contribution is -2.26. The summed E-state index contributed by atoms with van der Waals surface area (Å²) < 4.78 is 0. The molecule has 82 valence electrons. The minimum atomic E-state index is -0.418. The second kappa shape index (κ2) is 6.02. The van der Waals surface area contributed by atoms with Gasteiger partial charge in [-0.05, 0) is 6.42 Å².